The molecule has 2 rings (SSSR count). The van der Waals surface area contributed by atoms with Crippen molar-refractivity contribution in [2.75, 3.05) is 17.7 Å². The Morgan fingerprint density at radius 3 is 1.91 bits per heavy atom. The molecule has 0 saturated heterocycles. The summed E-state index contributed by atoms with van der Waals surface area (Å²) >= 11 is 0. The van der Waals surface area contributed by atoms with Gasteiger partial charge in [-0.1, -0.05) is 36.4 Å². The number of nitrogens with two attached hydrogens (primary N) is 1. The van der Waals surface area contributed by atoms with Crippen LogP contribution in [0.4, 0.5) is 29.3 Å². The molecule has 0 unspecified atom stereocenters. The number of hydrogen-bond acceptors (Lipinski definition) is 3. The van der Waals surface area contributed by atoms with Crippen molar-refractivity contribution in [2.45, 2.75) is 6.18 Å². The SMILES string of the molecule is Nc1ccccc1.O=C(Nc1ccccc1)OCC(F)(F)F. The minimum atomic E-state index is -4.51. The monoisotopic (exact) mass is 312 g/mol. The number of alkyl halides is 3. The normalized spacial score (nSPS) is 10.1. The quantitative estimate of drug-likeness (QED) is 0.822. The third-order valence-corrected chi connectivity index (χ3v) is 2.19. The van der Waals surface area contributed by atoms with E-state index in [9.17, 15) is 18.0 Å². The van der Waals surface area contributed by atoms with Crippen molar-refractivity contribution < 1.29 is 22.7 Å². The average Bonchev–Trinajstić information content (AvgIpc) is 2.47. The molecule has 0 aliphatic carbocycles. The molecule has 0 aliphatic heterocycles. The molecule has 0 aromatic heterocycles. The molecule has 0 bridgehead atoms. The fraction of sp³-hybridized carbons (Fsp3) is 0.133. The number of hydrogen-bond donors (Lipinski definition) is 2. The van der Waals surface area contributed by atoms with E-state index < -0.39 is 18.9 Å². The Labute approximate surface area is 125 Å². The van der Waals surface area contributed by atoms with Gasteiger partial charge < -0.3 is 10.5 Å². The van der Waals surface area contributed by atoms with E-state index in [2.05, 4.69) is 10.1 Å². The van der Waals surface area contributed by atoms with Crippen LogP contribution in [0, 0.1) is 0 Å². The molecule has 3 N–H and O–H groups in total. The lowest BCUT2D eigenvalue weighted by Crippen LogP contribution is -2.23. The lowest BCUT2D eigenvalue weighted by Gasteiger charge is -2.08. The van der Waals surface area contributed by atoms with Crippen molar-refractivity contribution in [3.8, 4) is 0 Å². The number of ether oxygens (including phenoxy) is 1. The van der Waals surface area contributed by atoms with Crippen molar-refractivity contribution in [1.82, 2.24) is 0 Å². The van der Waals surface area contributed by atoms with E-state index >= 15 is 0 Å². The van der Waals surface area contributed by atoms with Gasteiger partial charge in [0.15, 0.2) is 6.61 Å². The predicted molar refractivity (Wildman–Crippen MR) is 78.3 cm³/mol. The Morgan fingerprint density at radius 2 is 1.50 bits per heavy atom. The van der Waals surface area contributed by atoms with E-state index in [4.69, 9.17) is 5.73 Å². The van der Waals surface area contributed by atoms with Crippen LogP contribution in [0.1, 0.15) is 0 Å². The molecular formula is C15H15F3N2O2. The maximum Gasteiger partial charge on any atom is 0.422 e. The Balaban J connectivity index is 0.000000287. The van der Waals surface area contributed by atoms with Crippen LogP contribution in [-0.4, -0.2) is 18.9 Å². The fourth-order valence-electron chi connectivity index (χ4n) is 1.28. The van der Waals surface area contributed by atoms with Crippen LogP contribution in [0.25, 0.3) is 0 Å². The third-order valence-electron chi connectivity index (χ3n) is 2.19. The molecule has 4 nitrogen and oxygen atoms in total. The summed E-state index contributed by atoms with van der Waals surface area (Å²) in [6.45, 7) is -1.59. The van der Waals surface area contributed by atoms with E-state index in [0.717, 1.165) is 5.69 Å². The van der Waals surface area contributed by atoms with Crippen LogP contribution in [-0.2, 0) is 4.74 Å². The minimum Gasteiger partial charge on any atom is -0.440 e. The van der Waals surface area contributed by atoms with Gasteiger partial charge in [0.2, 0.25) is 0 Å². The van der Waals surface area contributed by atoms with Crippen LogP contribution in [0.2, 0.25) is 0 Å². The number of amides is 1. The first-order valence-electron chi connectivity index (χ1n) is 6.23. The Morgan fingerprint density at radius 1 is 1.00 bits per heavy atom. The van der Waals surface area contributed by atoms with Gasteiger partial charge in [-0.15, -0.1) is 0 Å². The second kappa shape index (κ2) is 8.56. The summed E-state index contributed by atoms with van der Waals surface area (Å²) < 4.78 is 38.9. The third kappa shape index (κ3) is 8.47. The molecule has 0 spiro atoms. The van der Waals surface area contributed by atoms with Crippen LogP contribution in [0.3, 0.4) is 0 Å². The highest BCUT2D eigenvalue weighted by Crippen LogP contribution is 2.15. The molecule has 118 valence electrons. The van der Waals surface area contributed by atoms with Crippen LogP contribution >= 0.6 is 0 Å². The van der Waals surface area contributed by atoms with Crippen molar-refractivity contribution >= 4 is 17.5 Å². The zero-order valence-electron chi connectivity index (χ0n) is 11.5. The average molecular weight is 312 g/mol. The van der Waals surface area contributed by atoms with E-state index in [1.54, 1.807) is 18.2 Å². The largest absolute Gasteiger partial charge is 0.440 e. The lowest BCUT2D eigenvalue weighted by molar-refractivity contribution is -0.159. The highest BCUT2D eigenvalue weighted by molar-refractivity contribution is 5.84. The minimum absolute atomic E-state index is 0.379. The smallest absolute Gasteiger partial charge is 0.422 e. The number of benzene rings is 2. The number of halogens is 3. The van der Waals surface area contributed by atoms with E-state index in [1.807, 2.05) is 30.3 Å². The maximum atomic E-state index is 11.6. The zero-order valence-corrected chi connectivity index (χ0v) is 11.5. The molecule has 7 heteroatoms. The predicted octanol–water partition coefficient (Wildman–Crippen LogP) is 4.07. The number of carbonyl (C=O) groups excluding carboxylic acids is 1. The Kier molecular flexibility index (Phi) is 6.75. The number of para-hydroxylation sites is 2. The van der Waals surface area contributed by atoms with E-state index in [-0.39, 0.29) is 0 Å². The van der Waals surface area contributed by atoms with Gasteiger partial charge in [-0.05, 0) is 24.3 Å². The zero-order chi connectivity index (χ0) is 16.4. The molecule has 0 saturated carbocycles. The molecule has 1 amide bonds. The number of nitrogens with one attached hydrogen (secondary N) is 1. The lowest BCUT2D eigenvalue weighted by atomic mass is 10.3. The topological polar surface area (TPSA) is 64.4 Å². The molecular weight excluding hydrogens is 297 g/mol. The van der Waals surface area contributed by atoms with Gasteiger partial charge >= 0.3 is 12.3 Å². The number of carbonyl (C=O) groups is 1. The van der Waals surface area contributed by atoms with Gasteiger partial charge in [0.1, 0.15) is 0 Å². The number of rotatable bonds is 2. The maximum absolute atomic E-state index is 11.6. The second-order valence-corrected chi connectivity index (χ2v) is 4.09. The first kappa shape index (κ1) is 17.4. The summed E-state index contributed by atoms with van der Waals surface area (Å²) in [5, 5.41) is 2.15. The van der Waals surface area contributed by atoms with Crippen molar-refractivity contribution in [3.63, 3.8) is 0 Å². The fourth-order valence-corrected chi connectivity index (χ4v) is 1.28. The first-order chi connectivity index (χ1) is 10.4. The summed E-state index contributed by atoms with van der Waals surface area (Å²) in [6, 6.07) is 17.6. The molecule has 0 fully saturated rings. The summed E-state index contributed by atoms with van der Waals surface area (Å²) in [7, 11) is 0. The highest BCUT2D eigenvalue weighted by Gasteiger charge is 2.29. The van der Waals surface area contributed by atoms with Gasteiger partial charge in [-0.2, -0.15) is 13.2 Å². The molecule has 0 heterocycles. The summed E-state index contributed by atoms with van der Waals surface area (Å²) in [5.74, 6) is 0. The highest BCUT2D eigenvalue weighted by atomic mass is 19.4. The Hall–Kier alpha value is -2.70. The summed E-state index contributed by atoms with van der Waals surface area (Å²) in [5.41, 5.74) is 6.56. The van der Waals surface area contributed by atoms with Gasteiger partial charge in [0.25, 0.3) is 0 Å². The van der Waals surface area contributed by atoms with Gasteiger partial charge in [-0.3, -0.25) is 5.32 Å². The molecule has 0 aliphatic rings. The molecule has 0 atom stereocenters. The first-order valence-corrected chi connectivity index (χ1v) is 6.23. The number of nitrogen functional groups attached to an aromatic ring is 1. The van der Waals surface area contributed by atoms with Gasteiger partial charge in [0.05, 0.1) is 0 Å². The number of anilines is 2. The van der Waals surface area contributed by atoms with E-state index in [1.165, 1.54) is 12.1 Å². The van der Waals surface area contributed by atoms with Crippen LogP contribution < -0.4 is 11.1 Å². The standard InChI is InChI=1S/C9H8F3NO2.C6H7N/c10-9(11,12)6-15-8(14)13-7-4-2-1-3-5-7;7-6-4-2-1-3-5-6/h1-5H,6H2,(H,13,14);1-5H,7H2. The van der Waals surface area contributed by atoms with Crippen LogP contribution in [0.5, 0.6) is 0 Å². The van der Waals surface area contributed by atoms with Gasteiger partial charge in [-0.25, -0.2) is 4.79 Å². The molecule has 2 aromatic carbocycles. The van der Waals surface area contributed by atoms with Gasteiger partial charge in [0, 0.05) is 11.4 Å². The van der Waals surface area contributed by atoms with Crippen molar-refractivity contribution in [3.05, 3.63) is 60.7 Å². The van der Waals surface area contributed by atoms with Crippen LogP contribution in [0.15, 0.2) is 60.7 Å². The summed E-state index contributed by atoms with van der Waals surface area (Å²) in [6.07, 6.45) is -5.63. The Bertz CT molecular complexity index is 560. The molecule has 22 heavy (non-hydrogen) atoms. The molecule has 0 radical (unpaired) electrons. The van der Waals surface area contributed by atoms with E-state index in [0.29, 0.717) is 5.69 Å². The second-order valence-electron chi connectivity index (χ2n) is 4.09. The molecule has 2 aromatic rings. The summed E-state index contributed by atoms with van der Waals surface area (Å²) in [4.78, 5) is 10.8. The van der Waals surface area contributed by atoms with Crippen molar-refractivity contribution in [2.24, 2.45) is 0 Å². The van der Waals surface area contributed by atoms with Crippen molar-refractivity contribution in [1.29, 1.82) is 0 Å².